The quantitative estimate of drug-likeness (QED) is 0.517. The number of hydrogen-bond acceptors (Lipinski definition) is 4. The molecular formula is C22H24Br2O4. The van der Waals surface area contributed by atoms with Gasteiger partial charge in [0.15, 0.2) is 22.7 Å². The molecule has 1 aliphatic carbocycles. The van der Waals surface area contributed by atoms with Crippen molar-refractivity contribution in [1.29, 1.82) is 0 Å². The van der Waals surface area contributed by atoms with Gasteiger partial charge in [-0.15, -0.1) is 0 Å². The van der Waals surface area contributed by atoms with Gasteiger partial charge < -0.3 is 9.47 Å². The van der Waals surface area contributed by atoms with Gasteiger partial charge in [0.1, 0.15) is 0 Å². The first-order valence-corrected chi connectivity index (χ1v) is 11.0. The zero-order valence-electron chi connectivity index (χ0n) is 16.9. The summed E-state index contributed by atoms with van der Waals surface area (Å²) >= 11 is 7.18. The molecule has 0 fully saturated rings. The number of fused-ring (bicyclic) bond motifs is 2. The van der Waals surface area contributed by atoms with Gasteiger partial charge in [-0.25, -0.2) is 0 Å². The van der Waals surface area contributed by atoms with Crippen LogP contribution in [0.3, 0.4) is 0 Å². The van der Waals surface area contributed by atoms with Gasteiger partial charge in [-0.3, -0.25) is 9.59 Å². The number of hydrogen-bond donors (Lipinski definition) is 0. The fraction of sp³-hybridized carbons (Fsp3) is 0.455. The van der Waals surface area contributed by atoms with Gasteiger partial charge in [0, 0.05) is 21.8 Å². The molecule has 0 spiro atoms. The topological polar surface area (TPSA) is 52.6 Å². The summed E-state index contributed by atoms with van der Waals surface area (Å²) in [5, 5.41) is 1.24. The number of carbonyl (C=O) groups excluding carboxylic acids is 1. The third kappa shape index (κ3) is 3.09. The highest BCUT2D eigenvalue weighted by Gasteiger charge is 2.44. The molecule has 0 heterocycles. The summed E-state index contributed by atoms with van der Waals surface area (Å²) in [5.41, 5.74) is 1.64. The van der Waals surface area contributed by atoms with E-state index in [1.165, 1.54) is 0 Å². The van der Waals surface area contributed by atoms with E-state index in [9.17, 15) is 9.59 Å². The van der Waals surface area contributed by atoms with E-state index in [1.54, 1.807) is 20.3 Å². The number of benzene rings is 1. The molecule has 4 nitrogen and oxygen atoms in total. The van der Waals surface area contributed by atoms with E-state index < -0.39 is 5.41 Å². The lowest BCUT2D eigenvalue weighted by molar-refractivity contribution is -0.123. The Bertz CT molecular complexity index is 1030. The van der Waals surface area contributed by atoms with Crippen molar-refractivity contribution in [2.75, 3.05) is 14.2 Å². The smallest absolute Gasteiger partial charge is 0.186 e. The average Bonchev–Trinajstić information content (AvgIpc) is 2.80. The van der Waals surface area contributed by atoms with Crippen molar-refractivity contribution >= 4 is 48.4 Å². The maximum atomic E-state index is 13.2. The minimum Gasteiger partial charge on any atom is -0.493 e. The summed E-state index contributed by atoms with van der Waals surface area (Å²) in [6.07, 6.45) is 0. The summed E-state index contributed by atoms with van der Waals surface area (Å²) in [7, 11) is 3.19. The number of halogens is 2. The molecule has 0 N–H and O–H groups in total. The SMILES string of the molecule is COc1c(C(C)C)cc2c(=O)cc3c(cc2c1OC)C(Br)C(Br)C(=O)C3(C)C. The van der Waals surface area contributed by atoms with Gasteiger partial charge in [-0.2, -0.15) is 0 Å². The van der Waals surface area contributed by atoms with Crippen LogP contribution >= 0.6 is 31.9 Å². The zero-order chi connectivity index (χ0) is 21.0. The molecule has 0 saturated carbocycles. The molecule has 3 rings (SSSR count). The molecule has 0 radical (unpaired) electrons. The summed E-state index contributed by atoms with van der Waals surface area (Å²) in [5.74, 6) is 1.38. The van der Waals surface area contributed by atoms with Gasteiger partial charge >= 0.3 is 0 Å². The summed E-state index contributed by atoms with van der Waals surface area (Å²) in [6, 6.07) is 5.46. The van der Waals surface area contributed by atoms with Gasteiger partial charge in [0.2, 0.25) is 0 Å². The third-order valence-corrected chi connectivity index (χ3v) is 8.25. The Balaban J connectivity index is 2.56. The maximum absolute atomic E-state index is 13.2. The van der Waals surface area contributed by atoms with E-state index in [0.717, 1.165) is 16.7 Å². The van der Waals surface area contributed by atoms with Crippen molar-refractivity contribution < 1.29 is 14.3 Å². The molecule has 2 aromatic rings. The lowest BCUT2D eigenvalue weighted by Gasteiger charge is -2.36. The molecule has 2 aromatic carbocycles. The number of alkyl halides is 2. The lowest BCUT2D eigenvalue weighted by Crippen LogP contribution is -2.42. The zero-order valence-corrected chi connectivity index (χ0v) is 20.0. The Morgan fingerprint density at radius 2 is 1.54 bits per heavy atom. The second-order valence-electron chi connectivity index (χ2n) is 7.96. The molecule has 6 heteroatoms. The van der Waals surface area contributed by atoms with Crippen molar-refractivity contribution in [1.82, 2.24) is 0 Å². The number of carbonyl (C=O) groups is 1. The predicted molar refractivity (Wildman–Crippen MR) is 120 cm³/mol. The molecule has 0 aliphatic heterocycles. The largest absolute Gasteiger partial charge is 0.493 e. The molecule has 0 saturated heterocycles. The molecule has 0 aromatic heterocycles. The van der Waals surface area contributed by atoms with E-state index in [-0.39, 0.29) is 26.8 Å². The van der Waals surface area contributed by atoms with Crippen LogP contribution in [-0.4, -0.2) is 24.8 Å². The van der Waals surface area contributed by atoms with Crippen LogP contribution in [0.2, 0.25) is 0 Å². The van der Waals surface area contributed by atoms with Gasteiger partial charge in [0.25, 0.3) is 0 Å². The van der Waals surface area contributed by atoms with Gasteiger partial charge in [-0.05, 0) is 49.1 Å². The summed E-state index contributed by atoms with van der Waals surface area (Å²) in [4.78, 5) is 25.5. The summed E-state index contributed by atoms with van der Waals surface area (Å²) in [6.45, 7) is 7.83. The van der Waals surface area contributed by atoms with Crippen molar-refractivity contribution in [3.05, 3.63) is 45.1 Å². The van der Waals surface area contributed by atoms with Crippen LogP contribution in [0.4, 0.5) is 0 Å². The van der Waals surface area contributed by atoms with Crippen LogP contribution in [0.1, 0.15) is 55.1 Å². The second-order valence-corrected chi connectivity index (χ2v) is 9.94. The highest BCUT2D eigenvalue weighted by molar-refractivity contribution is 9.12. The van der Waals surface area contributed by atoms with E-state index in [2.05, 4.69) is 31.9 Å². The van der Waals surface area contributed by atoms with Crippen LogP contribution in [-0.2, 0) is 10.2 Å². The molecule has 28 heavy (non-hydrogen) atoms. The van der Waals surface area contributed by atoms with Crippen LogP contribution in [0, 0.1) is 0 Å². The standard InChI is InChI=1S/C22H24Br2O4/c1-10(2)11-7-12-13(20(28-6)19(11)27-5)8-14-15(9-16(12)25)22(3,4)21(26)18(24)17(14)23/h7-10,17-18H,1-6H3. The van der Waals surface area contributed by atoms with E-state index >= 15 is 0 Å². The van der Waals surface area contributed by atoms with Crippen molar-refractivity contribution in [3.63, 3.8) is 0 Å². The van der Waals surface area contributed by atoms with Crippen LogP contribution in [0.15, 0.2) is 23.0 Å². The number of methoxy groups -OCH3 is 2. The minimum absolute atomic E-state index is 0.0453. The van der Waals surface area contributed by atoms with Crippen molar-refractivity contribution in [3.8, 4) is 11.5 Å². The molecule has 2 atom stereocenters. The fourth-order valence-electron chi connectivity index (χ4n) is 3.93. The van der Waals surface area contributed by atoms with Crippen LogP contribution in [0.25, 0.3) is 10.8 Å². The number of ether oxygens (including phenoxy) is 2. The molecule has 2 unspecified atom stereocenters. The van der Waals surface area contributed by atoms with Crippen LogP contribution in [0.5, 0.6) is 11.5 Å². The van der Waals surface area contributed by atoms with E-state index in [4.69, 9.17) is 9.47 Å². The molecule has 1 aliphatic rings. The first-order valence-electron chi connectivity index (χ1n) is 9.16. The Hall–Kier alpha value is -1.40. The Morgan fingerprint density at radius 1 is 0.929 bits per heavy atom. The Labute approximate surface area is 181 Å². The second kappa shape index (κ2) is 7.45. The highest BCUT2D eigenvalue weighted by Crippen LogP contribution is 2.48. The van der Waals surface area contributed by atoms with Crippen LogP contribution < -0.4 is 14.9 Å². The third-order valence-electron chi connectivity index (χ3n) is 5.58. The summed E-state index contributed by atoms with van der Waals surface area (Å²) < 4.78 is 11.4. The van der Waals surface area contributed by atoms with Crippen molar-refractivity contribution in [2.24, 2.45) is 0 Å². The first-order chi connectivity index (χ1) is 13.1. The Morgan fingerprint density at radius 3 is 2.07 bits per heavy atom. The molecule has 0 amide bonds. The lowest BCUT2D eigenvalue weighted by atomic mass is 9.72. The number of ketones is 1. The highest BCUT2D eigenvalue weighted by atomic mass is 79.9. The van der Waals surface area contributed by atoms with E-state index in [0.29, 0.717) is 22.3 Å². The number of rotatable bonds is 3. The van der Waals surface area contributed by atoms with Gasteiger partial charge in [-0.1, -0.05) is 45.7 Å². The van der Waals surface area contributed by atoms with Gasteiger partial charge in [0.05, 0.1) is 23.9 Å². The van der Waals surface area contributed by atoms with E-state index in [1.807, 2.05) is 39.8 Å². The fourth-order valence-corrected chi connectivity index (χ4v) is 5.40. The maximum Gasteiger partial charge on any atom is 0.186 e. The average molecular weight is 512 g/mol. The molecule has 150 valence electrons. The van der Waals surface area contributed by atoms with Crippen molar-refractivity contribution in [2.45, 2.75) is 48.7 Å². The predicted octanol–water partition coefficient (Wildman–Crippen LogP) is 5.40. The minimum atomic E-state index is -0.778. The first kappa shape index (κ1) is 21.3. The number of Topliss-reactive ketones (excluding diaryl/α,β-unsaturated/α-hetero) is 1. The monoisotopic (exact) mass is 510 g/mol. The normalized spacial score (nSPS) is 21.0. The molecule has 0 bridgehead atoms. The Kier molecular flexibility index (Phi) is 5.67. The molecular weight excluding hydrogens is 488 g/mol.